The fourth-order valence-electron chi connectivity index (χ4n) is 2.03. The van der Waals surface area contributed by atoms with E-state index in [9.17, 15) is 4.79 Å². The van der Waals surface area contributed by atoms with Gasteiger partial charge in [0.05, 0.1) is 23.0 Å². The highest BCUT2D eigenvalue weighted by molar-refractivity contribution is 9.10. The Morgan fingerprint density at radius 2 is 1.85 bits per heavy atom. The Morgan fingerprint density at radius 3 is 2.35 bits per heavy atom. The molecule has 1 heterocycles. The maximum atomic E-state index is 11.8. The summed E-state index contributed by atoms with van der Waals surface area (Å²) in [6.45, 7) is 6.24. The lowest BCUT2D eigenvalue weighted by Crippen LogP contribution is -2.18. The zero-order valence-electron chi connectivity index (χ0n) is 12.0. The van der Waals surface area contributed by atoms with E-state index in [1.54, 1.807) is 4.68 Å². The van der Waals surface area contributed by atoms with E-state index < -0.39 is 5.97 Å². The van der Waals surface area contributed by atoms with Crippen LogP contribution in [0.4, 0.5) is 0 Å². The first-order valence-corrected chi connectivity index (χ1v) is 7.08. The maximum absolute atomic E-state index is 11.8. The summed E-state index contributed by atoms with van der Waals surface area (Å²) in [6.07, 6.45) is 0. The Kier molecular flexibility index (Phi) is 3.99. The molecule has 0 saturated carbocycles. The number of methoxy groups -OCH3 is 1. The van der Waals surface area contributed by atoms with Crippen molar-refractivity contribution in [2.24, 2.45) is 0 Å². The summed E-state index contributed by atoms with van der Waals surface area (Å²) in [5.41, 5.74) is 1.96. The number of carbonyl (C=O) groups is 1. The predicted molar refractivity (Wildman–Crippen MR) is 81.3 cm³/mol. The number of para-hydroxylation sites is 1. The van der Waals surface area contributed by atoms with Crippen molar-refractivity contribution < 1.29 is 9.53 Å². The highest BCUT2D eigenvalue weighted by Crippen LogP contribution is 2.34. The van der Waals surface area contributed by atoms with E-state index in [1.165, 1.54) is 7.11 Å². The summed E-state index contributed by atoms with van der Waals surface area (Å²) < 4.78 is 7.26. The normalized spacial score (nSPS) is 11.4. The van der Waals surface area contributed by atoms with Crippen LogP contribution in [0.3, 0.4) is 0 Å². The minimum atomic E-state index is -0.447. The van der Waals surface area contributed by atoms with Gasteiger partial charge in [-0.2, -0.15) is 5.10 Å². The first kappa shape index (κ1) is 14.8. The van der Waals surface area contributed by atoms with Crippen LogP contribution in [0.5, 0.6) is 0 Å². The lowest BCUT2D eigenvalue weighted by Gasteiger charge is -2.21. The first-order valence-electron chi connectivity index (χ1n) is 6.29. The van der Waals surface area contributed by atoms with Gasteiger partial charge in [-0.1, -0.05) is 39.0 Å². The zero-order chi connectivity index (χ0) is 14.9. The maximum Gasteiger partial charge on any atom is 0.359 e. The molecule has 0 bridgehead atoms. The Labute approximate surface area is 126 Å². The number of hydrogen-bond donors (Lipinski definition) is 0. The molecule has 0 saturated heterocycles. The van der Waals surface area contributed by atoms with Crippen molar-refractivity contribution in [2.45, 2.75) is 26.2 Å². The number of benzene rings is 1. The number of halogens is 1. The summed E-state index contributed by atoms with van der Waals surface area (Å²) in [6, 6.07) is 9.73. The molecule has 0 fully saturated rings. The second-order valence-electron chi connectivity index (χ2n) is 5.50. The minimum Gasteiger partial charge on any atom is -0.464 e. The molecule has 0 aliphatic carbocycles. The Bertz CT molecular complexity index is 627. The molecule has 0 N–H and O–H groups in total. The van der Waals surface area contributed by atoms with Gasteiger partial charge in [0.1, 0.15) is 0 Å². The van der Waals surface area contributed by atoms with E-state index in [4.69, 9.17) is 4.74 Å². The Morgan fingerprint density at radius 1 is 1.25 bits per heavy atom. The molecule has 0 amide bonds. The molecule has 2 aromatic rings. The van der Waals surface area contributed by atoms with Crippen molar-refractivity contribution in [3.8, 4) is 5.69 Å². The first-order chi connectivity index (χ1) is 9.36. The molecule has 5 heteroatoms. The van der Waals surface area contributed by atoms with Crippen LogP contribution >= 0.6 is 15.9 Å². The van der Waals surface area contributed by atoms with Gasteiger partial charge in [-0.25, -0.2) is 9.48 Å². The number of hydrogen-bond acceptors (Lipinski definition) is 3. The molecule has 4 nitrogen and oxygen atoms in total. The third kappa shape index (κ3) is 2.63. The standard InChI is InChI=1S/C15H17BrN2O2/c1-15(2,3)13-11(16)12(14(19)20-4)17-18(13)10-8-6-5-7-9-10/h5-9H,1-4H3. The van der Waals surface area contributed by atoms with Crippen LogP contribution in [-0.4, -0.2) is 22.9 Å². The highest BCUT2D eigenvalue weighted by atomic mass is 79.9. The molecule has 0 spiro atoms. The molecule has 2 rings (SSSR count). The topological polar surface area (TPSA) is 44.1 Å². The summed E-state index contributed by atoms with van der Waals surface area (Å²) in [5.74, 6) is -0.447. The lowest BCUT2D eigenvalue weighted by molar-refractivity contribution is 0.0592. The van der Waals surface area contributed by atoms with Crippen LogP contribution in [0.15, 0.2) is 34.8 Å². The van der Waals surface area contributed by atoms with Gasteiger partial charge in [-0.05, 0) is 28.1 Å². The van der Waals surface area contributed by atoms with E-state index >= 15 is 0 Å². The summed E-state index contributed by atoms with van der Waals surface area (Å²) in [4.78, 5) is 11.8. The van der Waals surface area contributed by atoms with Gasteiger partial charge in [0.25, 0.3) is 0 Å². The average Bonchev–Trinajstić information content (AvgIpc) is 2.76. The largest absolute Gasteiger partial charge is 0.464 e. The van der Waals surface area contributed by atoms with Crippen molar-refractivity contribution in [3.63, 3.8) is 0 Å². The lowest BCUT2D eigenvalue weighted by atomic mass is 9.91. The third-order valence-electron chi connectivity index (χ3n) is 2.92. The van der Waals surface area contributed by atoms with Crippen LogP contribution in [0.1, 0.15) is 37.0 Å². The molecular weight excluding hydrogens is 320 g/mol. The van der Waals surface area contributed by atoms with Gasteiger partial charge < -0.3 is 4.74 Å². The molecule has 1 aromatic heterocycles. The number of rotatable bonds is 2. The van der Waals surface area contributed by atoms with Gasteiger partial charge in [0, 0.05) is 5.41 Å². The second-order valence-corrected chi connectivity index (χ2v) is 6.29. The van der Waals surface area contributed by atoms with E-state index in [-0.39, 0.29) is 5.41 Å². The second kappa shape index (κ2) is 5.40. The number of aromatic nitrogens is 2. The van der Waals surface area contributed by atoms with Crippen LogP contribution in [0.25, 0.3) is 5.69 Å². The Hall–Kier alpha value is -1.62. The zero-order valence-corrected chi connectivity index (χ0v) is 13.6. The monoisotopic (exact) mass is 336 g/mol. The van der Waals surface area contributed by atoms with E-state index in [0.29, 0.717) is 10.2 Å². The SMILES string of the molecule is COC(=O)c1nn(-c2ccccc2)c(C(C)(C)C)c1Br. The van der Waals surface area contributed by atoms with Gasteiger partial charge in [-0.3, -0.25) is 0 Å². The fourth-order valence-corrected chi connectivity index (χ4v) is 3.03. The molecule has 0 aliphatic rings. The van der Waals surface area contributed by atoms with Crippen molar-refractivity contribution in [1.82, 2.24) is 9.78 Å². The molecule has 0 aliphatic heterocycles. The number of nitrogens with zero attached hydrogens (tertiary/aromatic N) is 2. The van der Waals surface area contributed by atoms with Crippen molar-refractivity contribution in [2.75, 3.05) is 7.11 Å². The van der Waals surface area contributed by atoms with Crippen LogP contribution < -0.4 is 0 Å². The average molecular weight is 337 g/mol. The molecule has 1 aromatic carbocycles. The molecule has 0 atom stereocenters. The van der Waals surface area contributed by atoms with Crippen LogP contribution in [-0.2, 0) is 10.2 Å². The van der Waals surface area contributed by atoms with Gasteiger partial charge in [-0.15, -0.1) is 0 Å². The number of esters is 1. The Balaban J connectivity index is 2.71. The molecule has 20 heavy (non-hydrogen) atoms. The summed E-state index contributed by atoms with van der Waals surface area (Å²) >= 11 is 3.49. The van der Waals surface area contributed by atoms with Crippen molar-refractivity contribution in [3.05, 3.63) is 46.2 Å². The third-order valence-corrected chi connectivity index (χ3v) is 3.67. The highest BCUT2D eigenvalue weighted by Gasteiger charge is 2.29. The number of carbonyl (C=O) groups excluding carboxylic acids is 1. The van der Waals surface area contributed by atoms with Crippen LogP contribution in [0.2, 0.25) is 0 Å². The van der Waals surface area contributed by atoms with E-state index in [2.05, 4.69) is 41.8 Å². The molecule has 106 valence electrons. The van der Waals surface area contributed by atoms with Crippen molar-refractivity contribution in [1.29, 1.82) is 0 Å². The molecule has 0 radical (unpaired) electrons. The smallest absolute Gasteiger partial charge is 0.359 e. The van der Waals surface area contributed by atoms with E-state index in [1.807, 2.05) is 30.3 Å². The van der Waals surface area contributed by atoms with Gasteiger partial charge >= 0.3 is 5.97 Å². The summed E-state index contributed by atoms with van der Waals surface area (Å²) in [7, 11) is 1.35. The quantitative estimate of drug-likeness (QED) is 0.785. The predicted octanol–water partition coefficient (Wildman–Crippen LogP) is 3.72. The van der Waals surface area contributed by atoms with Crippen molar-refractivity contribution >= 4 is 21.9 Å². The van der Waals surface area contributed by atoms with E-state index in [0.717, 1.165) is 11.4 Å². The van der Waals surface area contributed by atoms with Crippen LogP contribution in [0, 0.1) is 0 Å². The fraction of sp³-hybridized carbons (Fsp3) is 0.333. The van der Waals surface area contributed by atoms with Gasteiger partial charge in [0.15, 0.2) is 5.69 Å². The minimum absolute atomic E-state index is 0.173. The summed E-state index contributed by atoms with van der Waals surface area (Å²) in [5, 5.41) is 4.41. The molecule has 0 unspecified atom stereocenters. The van der Waals surface area contributed by atoms with Gasteiger partial charge in [0.2, 0.25) is 0 Å². The number of ether oxygens (including phenoxy) is 1. The molecular formula is C15H17BrN2O2.